The van der Waals surface area contributed by atoms with Crippen molar-refractivity contribution < 1.29 is 9.26 Å². The number of hydrogen-bond acceptors (Lipinski definition) is 8. The van der Waals surface area contributed by atoms with Crippen LogP contribution in [0.4, 0.5) is 17.5 Å². The summed E-state index contributed by atoms with van der Waals surface area (Å²) >= 11 is 0. The molecule has 0 bridgehead atoms. The Balaban J connectivity index is 1.50. The maximum Gasteiger partial charge on any atom is 0.231 e. The van der Waals surface area contributed by atoms with Crippen molar-refractivity contribution in [2.45, 2.75) is 45.6 Å². The van der Waals surface area contributed by atoms with E-state index in [4.69, 9.17) is 14.2 Å². The molecule has 1 saturated carbocycles. The third-order valence-electron chi connectivity index (χ3n) is 6.11. The van der Waals surface area contributed by atoms with Gasteiger partial charge in [0.25, 0.3) is 0 Å². The fourth-order valence-corrected chi connectivity index (χ4v) is 4.52. The number of nitrogens with zero attached hydrogens (tertiary/aromatic N) is 4. The van der Waals surface area contributed by atoms with Crippen molar-refractivity contribution in [3.05, 3.63) is 41.4 Å². The van der Waals surface area contributed by atoms with Gasteiger partial charge in [-0.3, -0.25) is 0 Å². The lowest BCUT2D eigenvalue weighted by Crippen LogP contribution is -2.16. The number of anilines is 3. The van der Waals surface area contributed by atoms with Gasteiger partial charge in [-0.05, 0) is 38.8 Å². The largest absolute Gasteiger partial charge is 0.496 e. The summed E-state index contributed by atoms with van der Waals surface area (Å²) < 4.78 is 11.0. The van der Waals surface area contributed by atoms with Crippen LogP contribution in [-0.2, 0) is 0 Å². The van der Waals surface area contributed by atoms with Gasteiger partial charge in [0.1, 0.15) is 29.0 Å². The molecule has 0 aliphatic heterocycles. The van der Waals surface area contributed by atoms with Gasteiger partial charge in [-0.1, -0.05) is 18.0 Å². The van der Waals surface area contributed by atoms with E-state index in [9.17, 15) is 5.26 Å². The first-order chi connectivity index (χ1) is 16.1. The molecule has 1 aromatic carbocycles. The van der Waals surface area contributed by atoms with Crippen molar-refractivity contribution in [1.82, 2.24) is 20.1 Å². The van der Waals surface area contributed by atoms with E-state index in [1.807, 2.05) is 32.0 Å². The van der Waals surface area contributed by atoms with Gasteiger partial charge in [0.15, 0.2) is 0 Å². The molecule has 0 atom stereocenters. The molecule has 0 spiro atoms. The predicted molar refractivity (Wildman–Crippen MR) is 126 cm³/mol. The Labute approximate surface area is 191 Å². The number of benzene rings is 1. The zero-order chi connectivity index (χ0) is 22.9. The van der Waals surface area contributed by atoms with Gasteiger partial charge < -0.3 is 24.9 Å². The van der Waals surface area contributed by atoms with Gasteiger partial charge in [0.2, 0.25) is 5.95 Å². The molecule has 9 heteroatoms. The molecular formula is C24H25N7O2. The first kappa shape index (κ1) is 20.8. The van der Waals surface area contributed by atoms with Crippen molar-refractivity contribution in [3.63, 3.8) is 0 Å². The van der Waals surface area contributed by atoms with Crippen LogP contribution in [0.5, 0.6) is 5.75 Å². The minimum atomic E-state index is 0.354. The number of nitriles is 1. The second-order valence-corrected chi connectivity index (χ2v) is 8.30. The summed E-state index contributed by atoms with van der Waals surface area (Å²) in [5, 5.41) is 21.1. The Kier molecular flexibility index (Phi) is 5.34. The van der Waals surface area contributed by atoms with Gasteiger partial charge in [-0.2, -0.15) is 15.2 Å². The van der Waals surface area contributed by atoms with Crippen LogP contribution in [0.25, 0.3) is 22.2 Å². The fraction of sp³-hybridized carbons (Fsp3) is 0.333. The topological polar surface area (TPSA) is 125 Å². The summed E-state index contributed by atoms with van der Waals surface area (Å²) in [6.45, 7) is 3.79. The maximum atomic E-state index is 9.52. The Bertz CT molecular complexity index is 1340. The highest BCUT2D eigenvalue weighted by molar-refractivity contribution is 5.93. The van der Waals surface area contributed by atoms with Crippen LogP contribution in [0.2, 0.25) is 0 Å². The fourth-order valence-electron chi connectivity index (χ4n) is 4.52. The van der Waals surface area contributed by atoms with Crippen LogP contribution in [0, 0.1) is 25.2 Å². The van der Waals surface area contributed by atoms with Crippen molar-refractivity contribution in [2.24, 2.45) is 0 Å². The average molecular weight is 444 g/mol. The molecule has 5 rings (SSSR count). The molecule has 0 radical (unpaired) electrons. The minimum Gasteiger partial charge on any atom is -0.496 e. The molecule has 0 saturated heterocycles. The average Bonchev–Trinajstić information content (AvgIpc) is 3.55. The van der Waals surface area contributed by atoms with Gasteiger partial charge in [0, 0.05) is 29.6 Å². The summed E-state index contributed by atoms with van der Waals surface area (Å²) in [4.78, 5) is 12.4. The molecule has 4 aromatic rings. The second-order valence-electron chi connectivity index (χ2n) is 8.30. The highest BCUT2D eigenvalue weighted by atomic mass is 16.5. The molecule has 1 fully saturated rings. The summed E-state index contributed by atoms with van der Waals surface area (Å²) in [6, 6.07) is 8.38. The molecule has 3 aromatic heterocycles. The van der Waals surface area contributed by atoms with E-state index in [0.717, 1.165) is 46.5 Å². The van der Waals surface area contributed by atoms with Crippen LogP contribution < -0.4 is 15.4 Å². The van der Waals surface area contributed by atoms with Crippen LogP contribution in [0.3, 0.4) is 0 Å². The summed E-state index contributed by atoms with van der Waals surface area (Å²) in [7, 11) is 1.63. The standard InChI is InChI=1S/C24H25N7O2/c1-13-20(14(2)33-31-13)18-9-8-17(10-19(18)32-3)28-24-29-22-21(15(11-25)12-26-22)23(30-24)27-16-6-4-5-7-16/h8-10,12,16H,4-7H2,1-3H3,(H3,26,27,28,29,30). The van der Waals surface area contributed by atoms with Crippen LogP contribution in [0.15, 0.2) is 28.9 Å². The molecule has 3 heterocycles. The van der Waals surface area contributed by atoms with E-state index >= 15 is 0 Å². The van der Waals surface area contributed by atoms with Crippen molar-refractivity contribution in [1.29, 1.82) is 5.26 Å². The molecule has 9 nitrogen and oxygen atoms in total. The predicted octanol–water partition coefficient (Wildman–Crippen LogP) is 5.21. The molecule has 3 N–H and O–H groups in total. The van der Waals surface area contributed by atoms with E-state index in [0.29, 0.717) is 34.8 Å². The molecule has 0 unspecified atom stereocenters. The number of fused-ring (bicyclic) bond motifs is 1. The van der Waals surface area contributed by atoms with Crippen LogP contribution in [-0.4, -0.2) is 33.3 Å². The number of hydrogen-bond donors (Lipinski definition) is 3. The quantitative estimate of drug-likeness (QED) is 0.371. The first-order valence-electron chi connectivity index (χ1n) is 11.0. The van der Waals surface area contributed by atoms with Gasteiger partial charge in [0.05, 0.1) is 29.3 Å². The van der Waals surface area contributed by atoms with Crippen LogP contribution in [0.1, 0.15) is 42.7 Å². The van der Waals surface area contributed by atoms with E-state index < -0.39 is 0 Å². The zero-order valence-electron chi connectivity index (χ0n) is 18.8. The second kappa shape index (κ2) is 8.47. The van der Waals surface area contributed by atoms with Crippen molar-refractivity contribution in [2.75, 3.05) is 17.7 Å². The molecule has 1 aliphatic carbocycles. The van der Waals surface area contributed by atoms with Crippen LogP contribution >= 0.6 is 0 Å². The zero-order valence-corrected chi connectivity index (χ0v) is 18.8. The number of ether oxygens (including phenoxy) is 1. The molecule has 168 valence electrons. The lowest BCUT2D eigenvalue weighted by molar-refractivity contribution is 0.393. The highest BCUT2D eigenvalue weighted by Crippen LogP contribution is 2.37. The number of methoxy groups -OCH3 is 1. The SMILES string of the molecule is COc1cc(Nc2nc(NC3CCCC3)c3c(C#N)c[nH]c3n2)ccc1-c1c(C)noc1C. The van der Waals surface area contributed by atoms with E-state index in [-0.39, 0.29) is 0 Å². The number of nitrogens with one attached hydrogen (secondary N) is 3. The lowest BCUT2D eigenvalue weighted by Gasteiger charge is -2.15. The number of aryl methyl sites for hydroxylation is 2. The summed E-state index contributed by atoms with van der Waals surface area (Å²) in [6.07, 6.45) is 6.27. The Morgan fingerprint density at radius 1 is 1.21 bits per heavy atom. The van der Waals surface area contributed by atoms with Gasteiger partial charge >= 0.3 is 0 Å². The third-order valence-corrected chi connectivity index (χ3v) is 6.11. The van der Waals surface area contributed by atoms with Crippen molar-refractivity contribution in [3.8, 4) is 22.9 Å². The smallest absolute Gasteiger partial charge is 0.231 e. The van der Waals surface area contributed by atoms with Gasteiger partial charge in [-0.25, -0.2) is 0 Å². The number of rotatable bonds is 6. The Morgan fingerprint density at radius 2 is 2.03 bits per heavy atom. The lowest BCUT2D eigenvalue weighted by atomic mass is 10.0. The minimum absolute atomic E-state index is 0.354. The highest BCUT2D eigenvalue weighted by Gasteiger charge is 2.21. The van der Waals surface area contributed by atoms with E-state index in [1.54, 1.807) is 13.3 Å². The Hall–Kier alpha value is -4.06. The molecule has 33 heavy (non-hydrogen) atoms. The molecule has 1 aliphatic rings. The normalized spacial score (nSPS) is 13.9. The Morgan fingerprint density at radius 3 is 2.73 bits per heavy atom. The number of aromatic nitrogens is 4. The van der Waals surface area contributed by atoms with E-state index in [2.05, 4.69) is 31.8 Å². The monoisotopic (exact) mass is 443 g/mol. The third kappa shape index (κ3) is 3.84. The molecule has 0 amide bonds. The number of H-pyrrole nitrogens is 1. The summed E-state index contributed by atoms with van der Waals surface area (Å²) in [5.41, 5.74) is 4.56. The number of aromatic amines is 1. The van der Waals surface area contributed by atoms with Crippen molar-refractivity contribution >= 4 is 28.5 Å². The van der Waals surface area contributed by atoms with Gasteiger partial charge in [-0.15, -0.1) is 0 Å². The molecular weight excluding hydrogens is 418 g/mol. The summed E-state index contributed by atoms with van der Waals surface area (Å²) in [5.74, 6) is 2.53. The first-order valence-corrected chi connectivity index (χ1v) is 11.0. The van der Waals surface area contributed by atoms with E-state index in [1.165, 1.54) is 12.8 Å². The maximum absolute atomic E-state index is 9.52.